The summed E-state index contributed by atoms with van der Waals surface area (Å²) in [5, 5.41) is 0. The minimum Gasteiger partial charge on any atom is -0.0628 e. The molecule has 0 aromatic rings. The minimum absolute atomic E-state index is 0.908. The highest BCUT2D eigenvalue weighted by Gasteiger charge is 2.19. The van der Waals surface area contributed by atoms with E-state index in [9.17, 15) is 0 Å². The molecule has 1 aliphatic rings. The van der Waals surface area contributed by atoms with E-state index < -0.39 is 0 Å². The summed E-state index contributed by atoms with van der Waals surface area (Å²) in [7, 11) is 0. The zero-order chi connectivity index (χ0) is 8.27. The Morgan fingerprint density at radius 3 is 2.55 bits per heavy atom. The summed E-state index contributed by atoms with van der Waals surface area (Å²) < 4.78 is 0. The molecule has 0 nitrogen and oxygen atoms in total. The highest BCUT2D eigenvalue weighted by molar-refractivity contribution is 4.71. The molecule has 1 aliphatic carbocycles. The van der Waals surface area contributed by atoms with Crippen molar-refractivity contribution in [3.8, 4) is 0 Å². The van der Waals surface area contributed by atoms with Crippen LogP contribution in [-0.4, -0.2) is 0 Å². The molecule has 0 saturated heterocycles. The molecule has 0 aliphatic heterocycles. The van der Waals surface area contributed by atoms with Crippen LogP contribution in [0.4, 0.5) is 0 Å². The topological polar surface area (TPSA) is 0 Å². The van der Waals surface area contributed by atoms with Crippen molar-refractivity contribution in [1.29, 1.82) is 0 Å². The van der Waals surface area contributed by atoms with Crippen LogP contribution >= 0.6 is 0 Å². The molecule has 11 heavy (non-hydrogen) atoms. The lowest BCUT2D eigenvalue weighted by atomic mass is 9.79. The van der Waals surface area contributed by atoms with Crippen LogP contribution in [0.25, 0.3) is 0 Å². The normalized spacial score (nSPS) is 32.7. The van der Waals surface area contributed by atoms with Crippen molar-refractivity contribution >= 4 is 0 Å². The summed E-state index contributed by atoms with van der Waals surface area (Å²) >= 11 is 0. The Morgan fingerprint density at radius 2 is 2.00 bits per heavy atom. The summed E-state index contributed by atoms with van der Waals surface area (Å²) in [5.41, 5.74) is 0. The molecule has 0 heteroatoms. The van der Waals surface area contributed by atoms with Gasteiger partial charge >= 0.3 is 0 Å². The fourth-order valence-electron chi connectivity index (χ4n) is 2.44. The van der Waals surface area contributed by atoms with E-state index in [1.165, 1.54) is 32.1 Å². The van der Waals surface area contributed by atoms with Gasteiger partial charge in [0.05, 0.1) is 0 Å². The lowest BCUT2D eigenvalue weighted by Gasteiger charge is -2.27. The second-order valence-corrected chi connectivity index (χ2v) is 4.77. The SMILES string of the molecule is CC(C)C[C@H]1CCC[C@H](C)C1. The number of rotatable bonds is 2. The Hall–Kier alpha value is 0. The van der Waals surface area contributed by atoms with E-state index in [2.05, 4.69) is 20.8 Å². The molecule has 66 valence electrons. The van der Waals surface area contributed by atoms with Gasteiger partial charge in [0.1, 0.15) is 0 Å². The van der Waals surface area contributed by atoms with Crippen LogP contribution in [0.15, 0.2) is 0 Å². The lowest BCUT2D eigenvalue weighted by molar-refractivity contribution is 0.248. The van der Waals surface area contributed by atoms with Crippen molar-refractivity contribution in [2.24, 2.45) is 17.8 Å². The molecule has 0 aromatic carbocycles. The summed E-state index contributed by atoms with van der Waals surface area (Å²) in [4.78, 5) is 0. The quantitative estimate of drug-likeness (QED) is 0.566. The lowest BCUT2D eigenvalue weighted by Crippen LogP contribution is -2.14. The molecule has 0 N–H and O–H groups in total. The molecule has 1 rings (SSSR count). The first kappa shape index (κ1) is 9.09. The maximum Gasteiger partial charge on any atom is -0.0409 e. The van der Waals surface area contributed by atoms with E-state index in [4.69, 9.17) is 0 Å². The van der Waals surface area contributed by atoms with E-state index in [0.717, 1.165) is 17.8 Å². The van der Waals surface area contributed by atoms with Gasteiger partial charge in [-0.2, -0.15) is 0 Å². The summed E-state index contributed by atoms with van der Waals surface area (Å²) in [5.74, 6) is 2.97. The van der Waals surface area contributed by atoms with Crippen molar-refractivity contribution < 1.29 is 0 Å². The average Bonchev–Trinajstić information content (AvgIpc) is 1.85. The zero-order valence-corrected chi connectivity index (χ0v) is 8.27. The van der Waals surface area contributed by atoms with Gasteiger partial charge < -0.3 is 0 Å². The van der Waals surface area contributed by atoms with Crippen LogP contribution in [-0.2, 0) is 0 Å². The van der Waals surface area contributed by atoms with Gasteiger partial charge in [0, 0.05) is 0 Å². The smallest absolute Gasteiger partial charge is 0.0409 e. The van der Waals surface area contributed by atoms with Crippen LogP contribution in [0.3, 0.4) is 0 Å². The Labute approximate surface area is 71.4 Å². The Balaban J connectivity index is 2.23. The Kier molecular flexibility index (Phi) is 3.42. The van der Waals surface area contributed by atoms with Gasteiger partial charge in [-0.15, -0.1) is 0 Å². The van der Waals surface area contributed by atoms with Crippen LogP contribution in [0, 0.1) is 17.8 Å². The molecule has 0 radical (unpaired) electrons. The highest BCUT2D eigenvalue weighted by atomic mass is 14.2. The summed E-state index contributed by atoms with van der Waals surface area (Å²) in [6.45, 7) is 7.10. The highest BCUT2D eigenvalue weighted by Crippen LogP contribution is 2.32. The molecule has 2 atom stereocenters. The Morgan fingerprint density at radius 1 is 1.27 bits per heavy atom. The Bertz CT molecular complexity index is 103. The fraction of sp³-hybridized carbons (Fsp3) is 1.00. The largest absolute Gasteiger partial charge is 0.0628 e. The third-order valence-corrected chi connectivity index (χ3v) is 2.85. The first-order valence-corrected chi connectivity index (χ1v) is 5.18. The molecule has 0 spiro atoms. The average molecular weight is 154 g/mol. The molecule has 0 unspecified atom stereocenters. The number of hydrogen-bond donors (Lipinski definition) is 0. The third kappa shape index (κ3) is 3.27. The van der Waals surface area contributed by atoms with Gasteiger partial charge in [0.15, 0.2) is 0 Å². The monoisotopic (exact) mass is 154 g/mol. The maximum absolute atomic E-state index is 2.41. The van der Waals surface area contributed by atoms with E-state index in [-0.39, 0.29) is 0 Å². The van der Waals surface area contributed by atoms with Gasteiger partial charge in [-0.3, -0.25) is 0 Å². The summed E-state index contributed by atoms with van der Waals surface area (Å²) in [6.07, 6.45) is 7.43. The minimum atomic E-state index is 0.908. The second-order valence-electron chi connectivity index (χ2n) is 4.77. The molecular formula is C11H22. The van der Waals surface area contributed by atoms with Crippen molar-refractivity contribution in [2.45, 2.75) is 52.9 Å². The fourth-order valence-corrected chi connectivity index (χ4v) is 2.44. The number of hydrogen-bond acceptors (Lipinski definition) is 0. The van der Waals surface area contributed by atoms with Crippen LogP contribution in [0.5, 0.6) is 0 Å². The predicted molar refractivity (Wildman–Crippen MR) is 50.6 cm³/mol. The summed E-state index contributed by atoms with van der Waals surface area (Å²) in [6, 6.07) is 0. The van der Waals surface area contributed by atoms with Gasteiger partial charge in [0.2, 0.25) is 0 Å². The zero-order valence-electron chi connectivity index (χ0n) is 8.27. The van der Waals surface area contributed by atoms with E-state index in [1.54, 1.807) is 0 Å². The van der Waals surface area contributed by atoms with Gasteiger partial charge in [-0.25, -0.2) is 0 Å². The van der Waals surface area contributed by atoms with E-state index in [0.29, 0.717) is 0 Å². The first-order chi connectivity index (χ1) is 5.18. The molecule has 0 amide bonds. The van der Waals surface area contributed by atoms with Crippen LogP contribution in [0.1, 0.15) is 52.9 Å². The molecular weight excluding hydrogens is 132 g/mol. The first-order valence-electron chi connectivity index (χ1n) is 5.18. The molecule has 0 aromatic heterocycles. The van der Waals surface area contributed by atoms with E-state index in [1.807, 2.05) is 0 Å². The van der Waals surface area contributed by atoms with Gasteiger partial charge in [-0.05, 0) is 30.6 Å². The molecule has 0 bridgehead atoms. The predicted octanol–water partition coefficient (Wildman–Crippen LogP) is 3.86. The van der Waals surface area contributed by atoms with Crippen molar-refractivity contribution in [2.75, 3.05) is 0 Å². The molecule has 0 heterocycles. The standard InChI is InChI=1S/C11H22/c1-9(2)7-11-6-4-5-10(3)8-11/h9-11H,4-8H2,1-3H3/t10-,11+/m0/s1. The van der Waals surface area contributed by atoms with Crippen molar-refractivity contribution in [3.05, 3.63) is 0 Å². The maximum atomic E-state index is 2.41. The van der Waals surface area contributed by atoms with E-state index >= 15 is 0 Å². The van der Waals surface area contributed by atoms with Crippen molar-refractivity contribution in [3.63, 3.8) is 0 Å². The molecule has 1 saturated carbocycles. The van der Waals surface area contributed by atoms with Crippen LogP contribution < -0.4 is 0 Å². The van der Waals surface area contributed by atoms with Crippen LogP contribution in [0.2, 0.25) is 0 Å². The van der Waals surface area contributed by atoms with Gasteiger partial charge in [0.25, 0.3) is 0 Å². The van der Waals surface area contributed by atoms with Crippen molar-refractivity contribution in [1.82, 2.24) is 0 Å². The second kappa shape index (κ2) is 4.13. The van der Waals surface area contributed by atoms with Gasteiger partial charge in [-0.1, -0.05) is 40.0 Å². The molecule has 1 fully saturated rings. The third-order valence-electron chi connectivity index (χ3n) is 2.85.